The maximum Gasteiger partial charge on any atom is 0.358 e. The summed E-state index contributed by atoms with van der Waals surface area (Å²) in [5.74, 6) is 1.86. The van der Waals surface area contributed by atoms with E-state index in [4.69, 9.17) is 0 Å². The highest BCUT2D eigenvalue weighted by Gasteiger charge is 2.39. The van der Waals surface area contributed by atoms with Crippen molar-refractivity contribution >= 4 is 11.8 Å². The fourth-order valence-electron chi connectivity index (χ4n) is 3.12. The lowest BCUT2D eigenvalue weighted by atomic mass is 10.0. The number of nitrogens with zero attached hydrogens (tertiary/aromatic N) is 4. The average Bonchev–Trinajstić information content (AvgIpc) is 2.95. The first-order valence-corrected chi connectivity index (χ1v) is 6.53. The van der Waals surface area contributed by atoms with Gasteiger partial charge < -0.3 is 14.5 Å². The van der Waals surface area contributed by atoms with Gasteiger partial charge in [-0.2, -0.15) is 0 Å². The zero-order chi connectivity index (χ0) is 13.4. The van der Waals surface area contributed by atoms with Gasteiger partial charge >= 0.3 is 5.97 Å². The van der Waals surface area contributed by atoms with E-state index in [0.717, 1.165) is 43.8 Å². The SMILES string of the molecule is COC(=O)c1ccc(N2C[C@H]3CN(C)C[C@H]3C2)nn1. The predicted octanol–water partition coefficient (Wildman–Crippen LogP) is 0.261. The number of anilines is 1. The molecule has 0 saturated carbocycles. The molecule has 0 aliphatic carbocycles. The Morgan fingerprint density at radius 1 is 1.21 bits per heavy atom. The molecule has 0 N–H and O–H groups in total. The fourth-order valence-corrected chi connectivity index (χ4v) is 3.12. The van der Waals surface area contributed by atoms with Gasteiger partial charge in [0.15, 0.2) is 11.5 Å². The maximum absolute atomic E-state index is 11.3. The van der Waals surface area contributed by atoms with E-state index in [9.17, 15) is 4.79 Å². The van der Waals surface area contributed by atoms with Crippen molar-refractivity contribution in [1.29, 1.82) is 0 Å². The van der Waals surface area contributed by atoms with E-state index in [2.05, 4.69) is 31.8 Å². The standard InChI is InChI=1S/C13H18N4O2/c1-16-5-9-7-17(8-10(9)6-16)12-4-3-11(14-15-12)13(18)19-2/h3-4,9-10H,5-8H2,1-2H3/t9-,10+. The zero-order valence-corrected chi connectivity index (χ0v) is 11.2. The maximum atomic E-state index is 11.3. The van der Waals surface area contributed by atoms with E-state index in [-0.39, 0.29) is 5.69 Å². The highest BCUT2D eigenvalue weighted by atomic mass is 16.5. The molecule has 6 heteroatoms. The van der Waals surface area contributed by atoms with Crippen molar-refractivity contribution in [2.75, 3.05) is 45.2 Å². The van der Waals surface area contributed by atoms with Crippen LogP contribution < -0.4 is 4.90 Å². The number of hydrogen-bond acceptors (Lipinski definition) is 6. The predicted molar refractivity (Wildman–Crippen MR) is 70.1 cm³/mol. The summed E-state index contributed by atoms with van der Waals surface area (Å²) in [5.41, 5.74) is 0.255. The summed E-state index contributed by atoms with van der Waals surface area (Å²) in [5, 5.41) is 8.06. The summed E-state index contributed by atoms with van der Waals surface area (Å²) in [6.07, 6.45) is 0. The van der Waals surface area contributed by atoms with Crippen molar-refractivity contribution < 1.29 is 9.53 Å². The summed E-state index contributed by atoms with van der Waals surface area (Å²) >= 11 is 0. The van der Waals surface area contributed by atoms with Crippen molar-refractivity contribution in [3.8, 4) is 0 Å². The van der Waals surface area contributed by atoms with Gasteiger partial charge in [-0.25, -0.2) is 4.79 Å². The topological polar surface area (TPSA) is 58.6 Å². The van der Waals surface area contributed by atoms with Crippen molar-refractivity contribution in [1.82, 2.24) is 15.1 Å². The lowest BCUT2D eigenvalue weighted by Gasteiger charge is -2.19. The second kappa shape index (κ2) is 4.77. The van der Waals surface area contributed by atoms with E-state index < -0.39 is 5.97 Å². The molecule has 0 unspecified atom stereocenters. The number of likely N-dealkylation sites (tertiary alicyclic amines) is 1. The first-order chi connectivity index (χ1) is 9.17. The van der Waals surface area contributed by atoms with Crippen LogP contribution in [-0.2, 0) is 4.74 Å². The third kappa shape index (κ3) is 2.28. The lowest BCUT2D eigenvalue weighted by Crippen LogP contribution is -2.27. The quantitative estimate of drug-likeness (QED) is 0.713. The van der Waals surface area contributed by atoms with Crippen LogP contribution in [0.3, 0.4) is 0 Å². The van der Waals surface area contributed by atoms with Crippen LogP contribution in [0.5, 0.6) is 0 Å². The van der Waals surface area contributed by atoms with Crippen LogP contribution in [0.4, 0.5) is 5.82 Å². The molecule has 2 saturated heterocycles. The van der Waals surface area contributed by atoms with E-state index in [1.165, 1.54) is 7.11 Å². The number of methoxy groups -OCH3 is 1. The molecule has 1 aromatic heterocycles. The Morgan fingerprint density at radius 3 is 2.42 bits per heavy atom. The second-order valence-corrected chi connectivity index (χ2v) is 5.41. The van der Waals surface area contributed by atoms with Crippen molar-refractivity contribution in [3.63, 3.8) is 0 Å². The Balaban J connectivity index is 1.69. The highest BCUT2D eigenvalue weighted by molar-refractivity contribution is 5.86. The van der Waals surface area contributed by atoms with Gasteiger partial charge in [-0.05, 0) is 31.0 Å². The van der Waals surface area contributed by atoms with Crippen molar-refractivity contribution in [3.05, 3.63) is 17.8 Å². The summed E-state index contributed by atoms with van der Waals surface area (Å²) in [7, 11) is 3.52. The van der Waals surface area contributed by atoms with Gasteiger partial charge in [0, 0.05) is 26.2 Å². The molecule has 2 aliphatic rings. The van der Waals surface area contributed by atoms with E-state index in [0.29, 0.717) is 0 Å². The summed E-state index contributed by atoms with van der Waals surface area (Å²) in [6.45, 7) is 4.38. The smallest absolute Gasteiger partial charge is 0.358 e. The van der Waals surface area contributed by atoms with Gasteiger partial charge in [-0.15, -0.1) is 10.2 Å². The molecule has 0 spiro atoms. The minimum atomic E-state index is -0.445. The van der Waals surface area contributed by atoms with E-state index >= 15 is 0 Å². The first kappa shape index (κ1) is 12.3. The number of hydrogen-bond donors (Lipinski definition) is 0. The molecule has 6 nitrogen and oxygen atoms in total. The molecule has 3 rings (SSSR count). The van der Waals surface area contributed by atoms with Crippen molar-refractivity contribution in [2.45, 2.75) is 0 Å². The molecular weight excluding hydrogens is 244 g/mol. The van der Waals surface area contributed by atoms with Crippen LogP contribution in [0.2, 0.25) is 0 Å². The first-order valence-electron chi connectivity index (χ1n) is 6.53. The normalized spacial score (nSPS) is 26.5. The fraction of sp³-hybridized carbons (Fsp3) is 0.615. The minimum absolute atomic E-state index is 0.255. The molecule has 102 valence electrons. The third-order valence-electron chi connectivity index (χ3n) is 4.04. The molecule has 0 bridgehead atoms. The Morgan fingerprint density at radius 2 is 1.89 bits per heavy atom. The number of ether oxygens (including phenoxy) is 1. The average molecular weight is 262 g/mol. The number of fused-ring (bicyclic) bond motifs is 1. The zero-order valence-electron chi connectivity index (χ0n) is 11.2. The van der Waals surface area contributed by atoms with Crippen LogP contribution >= 0.6 is 0 Å². The second-order valence-electron chi connectivity index (χ2n) is 5.41. The molecule has 19 heavy (non-hydrogen) atoms. The number of aromatic nitrogens is 2. The van der Waals surface area contributed by atoms with Crippen LogP contribution in [-0.4, -0.2) is 61.4 Å². The Hall–Kier alpha value is -1.69. The Bertz CT molecular complexity index is 462. The van der Waals surface area contributed by atoms with Gasteiger partial charge in [0.2, 0.25) is 0 Å². The molecule has 3 heterocycles. The van der Waals surface area contributed by atoms with Crippen LogP contribution in [0.25, 0.3) is 0 Å². The number of rotatable bonds is 2. The molecule has 2 aliphatic heterocycles. The molecule has 0 radical (unpaired) electrons. The summed E-state index contributed by atoms with van der Waals surface area (Å²) in [6, 6.07) is 3.53. The van der Waals surface area contributed by atoms with Gasteiger partial charge in [0.05, 0.1) is 7.11 Å². The minimum Gasteiger partial charge on any atom is -0.464 e. The number of esters is 1. The van der Waals surface area contributed by atoms with Crippen LogP contribution in [0, 0.1) is 11.8 Å². The summed E-state index contributed by atoms with van der Waals surface area (Å²) in [4.78, 5) is 15.9. The van der Waals surface area contributed by atoms with Crippen LogP contribution in [0.1, 0.15) is 10.5 Å². The molecule has 2 atom stereocenters. The van der Waals surface area contributed by atoms with E-state index in [1.807, 2.05) is 6.07 Å². The van der Waals surface area contributed by atoms with Gasteiger partial charge in [0.1, 0.15) is 0 Å². The Labute approximate surface area is 112 Å². The summed E-state index contributed by atoms with van der Waals surface area (Å²) < 4.78 is 4.61. The van der Waals surface area contributed by atoms with E-state index in [1.54, 1.807) is 6.07 Å². The third-order valence-corrected chi connectivity index (χ3v) is 4.04. The largest absolute Gasteiger partial charge is 0.464 e. The molecule has 0 aromatic carbocycles. The van der Waals surface area contributed by atoms with Gasteiger partial charge in [0.25, 0.3) is 0 Å². The molecule has 2 fully saturated rings. The highest BCUT2D eigenvalue weighted by Crippen LogP contribution is 2.32. The molecular formula is C13H18N4O2. The van der Waals surface area contributed by atoms with Gasteiger partial charge in [-0.1, -0.05) is 0 Å². The van der Waals surface area contributed by atoms with Crippen LogP contribution in [0.15, 0.2) is 12.1 Å². The monoisotopic (exact) mass is 262 g/mol. The number of carbonyl (C=O) groups is 1. The lowest BCUT2D eigenvalue weighted by molar-refractivity contribution is 0.0592. The van der Waals surface area contributed by atoms with Gasteiger partial charge in [-0.3, -0.25) is 0 Å². The Kier molecular flexibility index (Phi) is 3.10. The molecule has 1 aromatic rings. The van der Waals surface area contributed by atoms with Crippen molar-refractivity contribution in [2.24, 2.45) is 11.8 Å². The number of carbonyl (C=O) groups excluding carboxylic acids is 1. The molecule has 0 amide bonds.